The summed E-state index contributed by atoms with van der Waals surface area (Å²) in [5, 5.41) is 11.9. The van der Waals surface area contributed by atoms with E-state index in [2.05, 4.69) is 11.9 Å². The molecule has 0 aliphatic rings. The molecule has 0 aliphatic heterocycles. The van der Waals surface area contributed by atoms with Crippen molar-refractivity contribution in [3.8, 4) is 0 Å². The molecule has 1 atom stereocenters. The Labute approximate surface area is 85.6 Å². The minimum Gasteiger partial charge on any atom is -0.480 e. The number of nitrogens with zero attached hydrogens (tertiary/aromatic N) is 1. The molecule has 0 aliphatic carbocycles. The lowest BCUT2D eigenvalue weighted by Gasteiger charge is -2.28. The predicted octanol–water partition coefficient (Wildman–Crippen LogP) is 0.905. The third kappa shape index (κ3) is 4.99. The van der Waals surface area contributed by atoms with Gasteiger partial charge >= 0.3 is 5.97 Å². The zero-order chi connectivity index (χ0) is 11.0. The average molecular weight is 200 g/mol. The van der Waals surface area contributed by atoms with Gasteiger partial charge in [-0.3, -0.25) is 15.0 Å². The first-order chi connectivity index (χ1) is 6.65. The number of nitrogens with one attached hydrogen (secondary N) is 1. The Balaban J connectivity index is 4.13. The molecule has 0 heterocycles. The first kappa shape index (κ1) is 13.1. The van der Waals surface area contributed by atoms with Crippen LogP contribution >= 0.6 is 0 Å². The van der Waals surface area contributed by atoms with Gasteiger partial charge in [0.15, 0.2) is 0 Å². The molecule has 0 aromatic carbocycles. The standard InChI is InChI=1S/C10H20N2O2/c1-4-7-11-9(5-2)12(6-3)8-10(13)14/h4,9,11H,1,5-8H2,2-3H3,(H,13,14). The molecule has 0 rings (SSSR count). The fourth-order valence-electron chi connectivity index (χ4n) is 1.37. The first-order valence-corrected chi connectivity index (χ1v) is 4.95. The van der Waals surface area contributed by atoms with Gasteiger partial charge in [0, 0.05) is 6.54 Å². The van der Waals surface area contributed by atoms with Crippen LogP contribution in [0.15, 0.2) is 12.7 Å². The van der Waals surface area contributed by atoms with Crippen molar-refractivity contribution in [2.45, 2.75) is 26.4 Å². The third-order valence-electron chi connectivity index (χ3n) is 2.07. The SMILES string of the molecule is C=CCNC(CC)N(CC)CC(=O)O. The van der Waals surface area contributed by atoms with Gasteiger partial charge < -0.3 is 5.11 Å². The summed E-state index contributed by atoms with van der Waals surface area (Å²) in [6.45, 7) is 9.12. The lowest BCUT2D eigenvalue weighted by Crippen LogP contribution is -2.47. The van der Waals surface area contributed by atoms with E-state index in [1.807, 2.05) is 18.7 Å². The topological polar surface area (TPSA) is 52.6 Å². The minimum absolute atomic E-state index is 0.0825. The summed E-state index contributed by atoms with van der Waals surface area (Å²) in [6, 6.07) is 0. The molecule has 0 bridgehead atoms. The van der Waals surface area contributed by atoms with Crippen LogP contribution in [0, 0.1) is 0 Å². The van der Waals surface area contributed by atoms with Gasteiger partial charge in [-0.15, -0.1) is 6.58 Å². The second-order valence-corrected chi connectivity index (χ2v) is 3.08. The van der Waals surface area contributed by atoms with Gasteiger partial charge in [-0.1, -0.05) is 19.9 Å². The van der Waals surface area contributed by atoms with Gasteiger partial charge in [-0.05, 0) is 13.0 Å². The molecule has 0 fully saturated rings. The summed E-state index contributed by atoms with van der Waals surface area (Å²) in [7, 11) is 0. The van der Waals surface area contributed by atoms with Crippen LogP contribution in [0.3, 0.4) is 0 Å². The lowest BCUT2D eigenvalue weighted by molar-refractivity contribution is -0.139. The summed E-state index contributed by atoms with van der Waals surface area (Å²) < 4.78 is 0. The van der Waals surface area contributed by atoms with Crippen LogP contribution in [0.25, 0.3) is 0 Å². The molecule has 4 nitrogen and oxygen atoms in total. The quantitative estimate of drug-likeness (QED) is 0.451. The van der Waals surface area contributed by atoms with Gasteiger partial charge in [0.1, 0.15) is 0 Å². The molecule has 0 saturated heterocycles. The highest BCUT2D eigenvalue weighted by Crippen LogP contribution is 2.00. The number of hydrogen-bond donors (Lipinski definition) is 2. The molecule has 2 N–H and O–H groups in total. The Morgan fingerprint density at radius 1 is 1.64 bits per heavy atom. The Morgan fingerprint density at radius 2 is 2.29 bits per heavy atom. The van der Waals surface area contributed by atoms with Crippen LogP contribution in [0.1, 0.15) is 20.3 Å². The Morgan fingerprint density at radius 3 is 2.64 bits per heavy atom. The molecule has 1 unspecified atom stereocenters. The highest BCUT2D eigenvalue weighted by molar-refractivity contribution is 5.69. The van der Waals surface area contributed by atoms with Crippen LogP contribution in [0.4, 0.5) is 0 Å². The van der Waals surface area contributed by atoms with E-state index in [1.54, 1.807) is 6.08 Å². The molecular formula is C10H20N2O2. The summed E-state index contributed by atoms with van der Waals surface area (Å²) in [5.41, 5.74) is 0. The van der Waals surface area contributed by atoms with Crippen molar-refractivity contribution in [3.63, 3.8) is 0 Å². The van der Waals surface area contributed by atoms with Crippen LogP contribution in [0.5, 0.6) is 0 Å². The van der Waals surface area contributed by atoms with Crippen molar-refractivity contribution >= 4 is 5.97 Å². The van der Waals surface area contributed by atoms with Crippen LogP contribution in [-0.4, -0.2) is 41.8 Å². The van der Waals surface area contributed by atoms with Gasteiger partial charge in [0.2, 0.25) is 0 Å². The monoisotopic (exact) mass is 200 g/mol. The maximum absolute atomic E-state index is 10.6. The number of aliphatic carboxylic acids is 1. The van der Waals surface area contributed by atoms with Crippen LogP contribution in [0.2, 0.25) is 0 Å². The molecule has 4 heteroatoms. The van der Waals surface area contributed by atoms with E-state index in [1.165, 1.54) is 0 Å². The Kier molecular flexibility index (Phi) is 7.06. The number of carboxylic acids is 1. The van der Waals surface area contributed by atoms with E-state index in [9.17, 15) is 4.79 Å². The highest BCUT2D eigenvalue weighted by atomic mass is 16.4. The maximum atomic E-state index is 10.6. The average Bonchev–Trinajstić information content (AvgIpc) is 2.16. The fourth-order valence-corrected chi connectivity index (χ4v) is 1.37. The van der Waals surface area contributed by atoms with Crippen molar-refractivity contribution in [2.75, 3.05) is 19.6 Å². The molecule has 0 aromatic heterocycles. The molecule has 0 amide bonds. The molecule has 0 radical (unpaired) electrons. The lowest BCUT2D eigenvalue weighted by atomic mass is 10.3. The van der Waals surface area contributed by atoms with E-state index in [0.717, 1.165) is 13.0 Å². The first-order valence-electron chi connectivity index (χ1n) is 4.95. The number of likely N-dealkylation sites (N-methyl/N-ethyl adjacent to an activating group) is 1. The van der Waals surface area contributed by atoms with Gasteiger partial charge in [0.05, 0.1) is 12.7 Å². The molecule has 0 aromatic rings. The maximum Gasteiger partial charge on any atom is 0.317 e. The Hall–Kier alpha value is -0.870. The summed E-state index contributed by atoms with van der Waals surface area (Å²) in [4.78, 5) is 12.5. The minimum atomic E-state index is -0.786. The molecule has 82 valence electrons. The summed E-state index contributed by atoms with van der Waals surface area (Å²) in [6.07, 6.45) is 2.78. The van der Waals surface area contributed by atoms with E-state index < -0.39 is 5.97 Å². The van der Waals surface area contributed by atoms with Crippen molar-refractivity contribution in [3.05, 3.63) is 12.7 Å². The highest BCUT2D eigenvalue weighted by Gasteiger charge is 2.16. The van der Waals surface area contributed by atoms with Gasteiger partial charge in [-0.2, -0.15) is 0 Å². The second-order valence-electron chi connectivity index (χ2n) is 3.08. The van der Waals surface area contributed by atoms with Crippen molar-refractivity contribution < 1.29 is 9.90 Å². The van der Waals surface area contributed by atoms with E-state index >= 15 is 0 Å². The zero-order valence-electron chi connectivity index (χ0n) is 8.99. The van der Waals surface area contributed by atoms with E-state index in [4.69, 9.17) is 5.11 Å². The van der Waals surface area contributed by atoms with E-state index in [-0.39, 0.29) is 12.7 Å². The van der Waals surface area contributed by atoms with Gasteiger partial charge in [-0.25, -0.2) is 0 Å². The number of rotatable bonds is 8. The van der Waals surface area contributed by atoms with Crippen LogP contribution < -0.4 is 5.32 Å². The zero-order valence-corrected chi connectivity index (χ0v) is 8.99. The number of carboxylic acid groups (broad SMARTS) is 1. The van der Waals surface area contributed by atoms with Crippen molar-refractivity contribution in [2.24, 2.45) is 0 Å². The molecular weight excluding hydrogens is 180 g/mol. The van der Waals surface area contributed by atoms with E-state index in [0.29, 0.717) is 6.54 Å². The normalized spacial score (nSPS) is 12.8. The number of carbonyl (C=O) groups is 1. The predicted molar refractivity (Wildman–Crippen MR) is 57.2 cm³/mol. The second kappa shape index (κ2) is 7.53. The summed E-state index contributed by atoms with van der Waals surface area (Å²) in [5.74, 6) is -0.786. The number of hydrogen-bond acceptors (Lipinski definition) is 3. The largest absolute Gasteiger partial charge is 0.480 e. The van der Waals surface area contributed by atoms with Crippen molar-refractivity contribution in [1.82, 2.24) is 10.2 Å². The fraction of sp³-hybridized carbons (Fsp3) is 0.700. The molecule has 14 heavy (non-hydrogen) atoms. The van der Waals surface area contributed by atoms with Gasteiger partial charge in [0.25, 0.3) is 0 Å². The van der Waals surface area contributed by atoms with Crippen LogP contribution in [-0.2, 0) is 4.79 Å². The third-order valence-corrected chi connectivity index (χ3v) is 2.07. The summed E-state index contributed by atoms with van der Waals surface area (Å²) >= 11 is 0. The molecule has 0 saturated carbocycles. The van der Waals surface area contributed by atoms with Crippen molar-refractivity contribution in [1.29, 1.82) is 0 Å². The Bertz CT molecular complexity index is 183. The molecule has 0 spiro atoms. The smallest absolute Gasteiger partial charge is 0.317 e.